The Balaban J connectivity index is 2.16. The number of aromatic nitrogens is 2. The molecule has 0 aliphatic carbocycles. The van der Waals surface area contributed by atoms with E-state index in [1.54, 1.807) is 7.11 Å². The molecule has 17 heavy (non-hydrogen) atoms. The van der Waals surface area contributed by atoms with Crippen molar-refractivity contribution in [3.05, 3.63) is 41.6 Å². The Kier molecular flexibility index (Phi) is 3.71. The number of rotatable bonds is 4. The molecule has 2 aromatic rings. The van der Waals surface area contributed by atoms with Crippen molar-refractivity contribution in [2.45, 2.75) is 18.5 Å². The predicted octanol–water partition coefficient (Wildman–Crippen LogP) is 2.21. The van der Waals surface area contributed by atoms with Crippen LogP contribution >= 0.6 is 11.9 Å². The van der Waals surface area contributed by atoms with E-state index in [1.165, 1.54) is 17.5 Å². The van der Waals surface area contributed by atoms with E-state index in [1.807, 2.05) is 41.9 Å². The maximum absolute atomic E-state index is 5.49. The molecule has 0 bridgehead atoms. The summed E-state index contributed by atoms with van der Waals surface area (Å²) in [5, 5.41) is 10.7. The van der Waals surface area contributed by atoms with Gasteiger partial charge in [-0.2, -0.15) is 5.10 Å². The third-order valence-corrected chi connectivity index (χ3v) is 3.01. The Labute approximate surface area is 105 Å². The lowest BCUT2D eigenvalue weighted by atomic mass is 10.2. The number of aryl methyl sites for hydroxylation is 1. The van der Waals surface area contributed by atoms with E-state index in [4.69, 9.17) is 9.88 Å². The van der Waals surface area contributed by atoms with Gasteiger partial charge in [-0.05, 0) is 42.6 Å². The zero-order valence-corrected chi connectivity index (χ0v) is 10.7. The van der Waals surface area contributed by atoms with Gasteiger partial charge in [-0.15, -0.1) is 0 Å². The van der Waals surface area contributed by atoms with Gasteiger partial charge < -0.3 is 4.74 Å². The van der Waals surface area contributed by atoms with Crippen LogP contribution < -0.4 is 9.88 Å². The molecular weight excluding hydrogens is 234 g/mol. The first-order valence-corrected chi connectivity index (χ1v) is 6.15. The zero-order chi connectivity index (χ0) is 12.3. The van der Waals surface area contributed by atoms with Crippen molar-refractivity contribution in [3.8, 4) is 5.75 Å². The van der Waals surface area contributed by atoms with Crippen molar-refractivity contribution >= 4 is 11.9 Å². The van der Waals surface area contributed by atoms with E-state index in [9.17, 15) is 0 Å². The first-order chi connectivity index (χ1) is 8.22. The van der Waals surface area contributed by atoms with Crippen LogP contribution in [0.2, 0.25) is 0 Å². The van der Waals surface area contributed by atoms with Crippen molar-refractivity contribution in [2.24, 2.45) is 5.14 Å². The van der Waals surface area contributed by atoms with Crippen molar-refractivity contribution < 1.29 is 4.74 Å². The molecule has 2 rings (SSSR count). The van der Waals surface area contributed by atoms with Gasteiger partial charge in [0.1, 0.15) is 10.8 Å². The van der Waals surface area contributed by atoms with Gasteiger partial charge in [0.25, 0.3) is 0 Å². The molecule has 0 aliphatic heterocycles. The Hall–Kier alpha value is -1.46. The number of hydrogen-bond donors (Lipinski definition) is 1. The van der Waals surface area contributed by atoms with Gasteiger partial charge in [0.2, 0.25) is 0 Å². The zero-order valence-electron chi connectivity index (χ0n) is 9.88. The summed E-state index contributed by atoms with van der Waals surface area (Å²) in [6.45, 7) is 2.77. The molecule has 2 N–H and O–H groups in total. The standard InChI is InChI=1S/C12H15N3OS/c1-9-7-12(17-13)14-15(9)8-10-3-5-11(16-2)6-4-10/h3-7H,8,13H2,1-2H3. The van der Waals surface area contributed by atoms with Gasteiger partial charge in [0.15, 0.2) is 0 Å². The fourth-order valence-corrected chi connectivity index (χ4v) is 1.99. The lowest BCUT2D eigenvalue weighted by Crippen LogP contribution is -2.03. The Morgan fingerprint density at radius 1 is 1.35 bits per heavy atom. The second kappa shape index (κ2) is 5.25. The molecule has 1 aromatic heterocycles. The highest BCUT2D eigenvalue weighted by Gasteiger charge is 2.04. The first-order valence-electron chi connectivity index (χ1n) is 5.27. The topological polar surface area (TPSA) is 53.1 Å². The van der Waals surface area contributed by atoms with Crippen molar-refractivity contribution in [1.29, 1.82) is 0 Å². The fraction of sp³-hybridized carbons (Fsp3) is 0.250. The van der Waals surface area contributed by atoms with Gasteiger partial charge in [-0.1, -0.05) is 12.1 Å². The molecule has 4 nitrogen and oxygen atoms in total. The van der Waals surface area contributed by atoms with E-state index in [-0.39, 0.29) is 0 Å². The molecule has 1 aromatic carbocycles. The smallest absolute Gasteiger partial charge is 0.133 e. The maximum Gasteiger partial charge on any atom is 0.133 e. The molecule has 5 heteroatoms. The maximum atomic E-state index is 5.49. The van der Waals surface area contributed by atoms with E-state index >= 15 is 0 Å². The van der Waals surface area contributed by atoms with Crippen molar-refractivity contribution in [2.75, 3.05) is 7.11 Å². The van der Waals surface area contributed by atoms with Crippen LogP contribution in [0.25, 0.3) is 0 Å². The third-order valence-electron chi connectivity index (χ3n) is 2.57. The molecule has 1 heterocycles. The van der Waals surface area contributed by atoms with Gasteiger partial charge in [-0.25, -0.2) is 0 Å². The molecule has 0 saturated heterocycles. The fourth-order valence-electron chi connectivity index (χ4n) is 1.60. The molecule has 0 saturated carbocycles. The predicted molar refractivity (Wildman–Crippen MR) is 69.1 cm³/mol. The Morgan fingerprint density at radius 2 is 2.06 bits per heavy atom. The molecule has 0 atom stereocenters. The quantitative estimate of drug-likeness (QED) is 0.844. The van der Waals surface area contributed by atoms with E-state index in [0.717, 1.165) is 23.0 Å². The number of methoxy groups -OCH3 is 1. The van der Waals surface area contributed by atoms with Crippen LogP contribution in [-0.2, 0) is 6.54 Å². The normalized spacial score (nSPS) is 10.5. The second-order valence-electron chi connectivity index (χ2n) is 3.75. The van der Waals surface area contributed by atoms with Crippen molar-refractivity contribution in [1.82, 2.24) is 9.78 Å². The highest BCUT2D eigenvalue weighted by Crippen LogP contribution is 2.15. The van der Waals surface area contributed by atoms with Gasteiger partial charge in [0, 0.05) is 5.69 Å². The van der Waals surface area contributed by atoms with Crippen LogP contribution in [0.1, 0.15) is 11.3 Å². The summed E-state index contributed by atoms with van der Waals surface area (Å²) in [5.41, 5.74) is 2.29. The SMILES string of the molecule is COc1ccc(Cn2nc(SN)cc2C)cc1. The van der Waals surface area contributed by atoms with Gasteiger partial charge >= 0.3 is 0 Å². The third kappa shape index (κ3) is 2.81. The van der Waals surface area contributed by atoms with Crippen LogP contribution in [-0.4, -0.2) is 16.9 Å². The molecule has 0 aliphatic rings. The number of benzene rings is 1. The largest absolute Gasteiger partial charge is 0.497 e. The lowest BCUT2D eigenvalue weighted by Gasteiger charge is -2.05. The van der Waals surface area contributed by atoms with Crippen LogP contribution in [0.5, 0.6) is 5.75 Å². The van der Waals surface area contributed by atoms with Crippen molar-refractivity contribution in [3.63, 3.8) is 0 Å². The summed E-state index contributed by atoms with van der Waals surface area (Å²) >= 11 is 1.17. The number of nitrogens with zero attached hydrogens (tertiary/aromatic N) is 2. The number of ether oxygens (including phenoxy) is 1. The van der Waals surface area contributed by atoms with Crippen LogP contribution in [0.4, 0.5) is 0 Å². The number of nitrogens with two attached hydrogens (primary N) is 1. The monoisotopic (exact) mass is 249 g/mol. The summed E-state index contributed by atoms with van der Waals surface area (Å²) in [4.78, 5) is 0. The summed E-state index contributed by atoms with van der Waals surface area (Å²) in [7, 11) is 1.66. The first kappa shape index (κ1) is 12.0. The highest BCUT2D eigenvalue weighted by atomic mass is 32.2. The second-order valence-corrected chi connectivity index (χ2v) is 4.40. The minimum Gasteiger partial charge on any atom is -0.497 e. The average Bonchev–Trinajstić information content (AvgIpc) is 2.71. The van der Waals surface area contributed by atoms with Gasteiger partial charge in [0.05, 0.1) is 13.7 Å². The Bertz CT molecular complexity index is 493. The molecule has 0 unspecified atom stereocenters. The molecule has 0 amide bonds. The molecule has 0 radical (unpaired) electrons. The Morgan fingerprint density at radius 3 is 2.59 bits per heavy atom. The highest BCUT2D eigenvalue weighted by molar-refractivity contribution is 7.97. The van der Waals surface area contributed by atoms with E-state index in [2.05, 4.69) is 5.10 Å². The summed E-state index contributed by atoms with van der Waals surface area (Å²) in [6.07, 6.45) is 0. The molecular formula is C12H15N3OS. The molecule has 90 valence electrons. The molecule has 0 spiro atoms. The van der Waals surface area contributed by atoms with E-state index in [0.29, 0.717) is 0 Å². The summed E-state index contributed by atoms with van der Waals surface area (Å²) < 4.78 is 7.06. The van der Waals surface area contributed by atoms with E-state index < -0.39 is 0 Å². The lowest BCUT2D eigenvalue weighted by molar-refractivity contribution is 0.414. The summed E-state index contributed by atoms with van der Waals surface area (Å²) in [6, 6.07) is 9.96. The van der Waals surface area contributed by atoms with Crippen LogP contribution in [0.3, 0.4) is 0 Å². The minimum absolute atomic E-state index is 0.746. The number of hydrogen-bond acceptors (Lipinski definition) is 4. The minimum atomic E-state index is 0.746. The summed E-state index contributed by atoms with van der Waals surface area (Å²) in [5.74, 6) is 0.865. The van der Waals surface area contributed by atoms with Crippen LogP contribution in [0.15, 0.2) is 35.4 Å². The van der Waals surface area contributed by atoms with Gasteiger partial charge in [-0.3, -0.25) is 9.82 Å². The average molecular weight is 249 g/mol. The molecule has 0 fully saturated rings. The van der Waals surface area contributed by atoms with Crippen LogP contribution in [0, 0.1) is 6.92 Å².